The molecule has 1 saturated heterocycles. The van der Waals surface area contributed by atoms with Gasteiger partial charge >= 0.3 is 11.9 Å². The van der Waals surface area contributed by atoms with Crippen molar-refractivity contribution in [3.8, 4) is 0 Å². The number of esters is 1. The molecule has 0 spiro atoms. The Balaban J connectivity index is 3.01. The average Bonchev–Trinajstić information content (AvgIpc) is 2.46. The van der Waals surface area contributed by atoms with E-state index < -0.39 is 67.1 Å². The van der Waals surface area contributed by atoms with Gasteiger partial charge in [-0.05, 0) is 0 Å². The molecule has 0 aromatic rings. The third-order valence-electron chi connectivity index (χ3n) is 3.48. The van der Waals surface area contributed by atoms with Crippen molar-refractivity contribution in [1.29, 1.82) is 0 Å². The zero-order valence-corrected chi connectivity index (χ0v) is 13.1. The van der Waals surface area contributed by atoms with Crippen LogP contribution in [0.15, 0.2) is 0 Å². The molecule has 0 aliphatic carbocycles. The Morgan fingerprint density at radius 2 is 1.92 bits per heavy atom. The molecule has 0 bridgehead atoms. The smallest absolute Gasteiger partial charge is 0.364 e. The van der Waals surface area contributed by atoms with Crippen LogP contribution < -0.4 is 5.32 Å². The second kappa shape index (κ2) is 7.85. The van der Waals surface area contributed by atoms with Crippen LogP contribution in [-0.2, 0) is 23.9 Å². The summed E-state index contributed by atoms with van der Waals surface area (Å²) in [4.78, 5) is 33.1. The molecule has 1 amide bonds. The van der Waals surface area contributed by atoms with Crippen molar-refractivity contribution in [3.63, 3.8) is 0 Å². The molecule has 1 rings (SSSR count). The van der Waals surface area contributed by atoms with E-state index in [2.05, 4.69) is 10.1 Å². The van der Waals surface area contributed by atoms with E-state index in [0.717, 1.165) is 13.8 Å². The Labute approximate surface area is 136 Å². The molecular formula is C13H21NO10. The predicted octanol–water partition coefficient (Wildman–Crippen LogP) is -3.30. The van der Waals surface area contributed by atoms with Crippen LogP contribution in [0.5, 0.6) is 0 Å². The lowest BCUT2D eigenvalue weighted by molar-refractivity contribution is -0.295. The van der Waals surface area contributed by atoms with Crippen molar-refractivity contribution in [3.05, 3.63) is 0 Å². The number of aliphatic hydroxyl groups is 4. The highest BCUT2D eigenvalue weighted by Gasteiger charge is 2.53. The van der Waals surface area contributed by atoms with Gasteiger partial charge in [-0.15, -0.1) is 0 Å². The van der Waals surface area contributed by atoms with Crippen LogP contribution in [0, 0.1) is 0 Å². The van der Waals surface area contributed by atoms with Gasteiger partial charge in [0.25, 0.3) is 5.79 Å². The monoisotopic (exact) mass is 351 g/mol. The topological polar surface area (TPSA) is 183 Å². The summed E-state index contributed by atoms with van der Waals surface area (Å²) in [7, 11) is 0. The number of carboxylic acid groups (broad SMARTS) is 1. The fourth-order valence-electron chi connectivity index (χ4n) is 2.33. The zero-order chi connectivity index (χ0) is 18.7. The number of amides is 1. The van der Waals surface area contributed by atoms with E-state index in [1.165, 1.54) is 0 Å². The third kappa shape index (κ3) is 4.85. The van der Waals surface area contributed by atoms with Gasteiger partial charge in [-0.25, -0.2) is 4.79 Å². The quantitative estimate of drug-likeness (QED) is 0.265. The highest BCUT2D eigenvalue weighted by Crippen LogP contribution is 2.30. The number of nitrogens with one attached hydrogen (secondary N) is 1. The Morgan fingerprint density at radius 1 is 1.33 bits per heavy atom. The van der Waals surface area contributed by atoms with Crippen molar-refractivity contribution in [2.45, 2.75) is 56.5 Å². The van der Waals surface area contributed by atoms with E-state index in [1.807, 2.05) is 0 Å². The van der Waals surface area contributed by atoms with Crippen LogP contribution in [0.2, 0.25) is 0 Å². The second-order valence-electron chi connectivity index (χ2n) is 5.53. The molecule has 138 valence electrons. The van der Waals surface area contributed by atoms with Gasteiger partial charge in [-0.3, -0.25) is 9.59 Å². The molecule has 11 nitrogen and oxygen atoms in total. The standard InChI is InChI=1S/C13H21NO10/c1-5(15)14-9-7(17)3-13(22,12(20)21)24-11(9)10(19)8(18)4-23-6(2)16/h7-11,17-19,22H,3-4H2,1-2H3,(H,14,15)(H,20,21)/t7?,8-,9-,10-,11?,13-/m1/s1. The molecule has 1 heterocycles. The van der Waals surface area contributed by atoms with Crippen LogP contribution in [0.1, 0.15) is 20.3 Å². The molecule has 0 saturated carbocycles. The van der Waals surface area contributed by atoms with Crippen LogP contribution in [0.3, 0.4) is 0 Å². The Bertz CT molecular complexity index is 497. The first-order valence-corrected chi connectivity index (χ1v) is 7.06. The summed E-state index contributed by atoms with van der Waals surface area (Å²) < 4.78 is 9.46. The molecule has 1 fully saturated rings. The number of hydrogen-bond donors (Lipinski definition) is 6. The highest BCUT2D eigenvalue weighted by atomic mass is 16.7. The minimum atomic E-state index is -2.82. The van der Waals surface area contributed by atoms with Crippen molar-refractivity contribution in [2.24, 2.45) is 0 Å². The van der Waals surface area contributed by atoms with Gasteiger partial charge in [-0.2, -0.15) is 0 Å². The van der Waals surface area contributed by atoms with Gasteiger partial charge < -0.3 is 40.3 Å². The van der Waals surface area contributed by atoms with Crippen molar-refractivity contribution < 1.29 is 49.4 Å². The minimum Gasteiger partial charge on any atom is -0.477 e. The summed E-state index contributed by atoms with van der Waals surface area (Å²) in [5, 5.41) is 51.2. The lowest BCUT2D eigenvalue weighted by atomic mass is 9.88. The van der Waals surface area contributed by atoms with E-state index in [1.54, 1.807) is 0 Å². The van der Waals surface area contributed by atoms with Gasteiger partial charge in [0.15, 0.2) is 0 Å². The van der Waals surface area contributed by atoms with Crippen molar-refractivity contribution in [1.82, 2.24) is 5.32 Å². The molecule has 0 radical (unpaired) electrons. The second-order valence-corrected chi connectivity index (χ2v) is 5.53. The summed E-state index contributed by atoms with van der Waals surface area (Å²) in [5.74, 6) is -5.97. The first kappa shape index (κ1) is 20.3. The Morgan fingerprint density at radius 3 is 2.38 bits per heavy atom. The highest BCUT2D eigenvalue weighted by molar-refractivity contribution is 5.76. The Kier molecular flexibility index (Phi) is 6.63. The largest absolute Gasteiger partial charge is 0.477 e. The maximum atomic E-state index is 11.2. The summed E-state index contributed by atoms with van der Waals surface area (Å²) in [6.45, 7) is 1.55. The maximum Gasteiger partial charge on any atom is 0.364 e. The molecule has 11 heteroatoms. The lowest BCUT2D eigenvalue weighted by Gasteiger charge is -2.44. The van der Waals surface area contributed by atoms with E-state index in [4.69, 9.17) is 9.84 Å². The van der Waals surface area contributed by atoms with Crippen LogP contribution in [0.25, 0.3) is 0 Å². The minimum absolute atomic E-state index is 0.616. The summed E-state index contributed by atoms with van der Waals surface area (Å²) in [5.41, 5.74) is 0. The normalized spacial score (nSPS) is 32.5. The van der Waals surface area contributed by atoms with E-state index in [0.29, 0.717) is 0 Å². The zero-order valence-electron chi connectivity index (χ0n) is 13.1. The van der Waals surface area contributed by atoms with Gasteiger partial charge in [-0.1, -0.05) is 0 Å². The van der Waals surface area contributed by atoms with Gasteiger partial charge in [0, 0.05) is 20.3 Å². The maximum absolute atomic E-state index is 11.2. The third-order valence-corrected chi connectivity index (χ3v) is 3.48. The Hall–Kier alpha value is -1.79. The number of ether oxygens (including phenoxy) is 2. The van der Waals surface area contributed by atoms with E-state index >= 15 is 0 Å². The first-order valence-electron chi connectivity index (χ1n) is 7.06. The number of carbonyl (C=O) groups is 3. The number of carbonyl (C=O) groups excluding carboxylic acids is 2. The molecule has 0 aromatic carbocycles. The van der Waals surface area contributed by atoms with Gasteiger partial charge in [0.1, 0.15) is 24.9 Å². The molecular weight excluding hydrogens is 330 g/mol. The van der Waals surface area contributed by atoms with Gasteiger partial charge in [0.05, 0.1) is 12.1 Å². The predicted molar refractivity (Wildman–Crippen MR) is 74.3 cm³/mol. The molecule has 2 unspecified atom stereocenters. The SMILES string of the molecule is CC(=O)N[C@@H]1C(O)C[C@](O)(C(=O)O)OC1[C@H](O)[C@H](O)COC(C)=O. The molecule has 1 aliphatic heterocycles. The van der Waals surface area contributed by atoms with Gasteiger partial charge in [0.2, 0.25) is 5.91 Å². The van der Waals surface area contributed by atoms with Crippen molar-refractivity contribution >= 4 is 17.8 Å². The summed E-state index contributed by atoms with van der Waals surface area (Å²) in [6.07, 6.45) is -7.61. The molecule has 1 aliphatic rings. The fourth-order valence-corrected chi connectivity index (χ4v) is 2.33. The average molecular weight is 351 g/mol. The first-order chi connectivity index (χ1) is 11.0. The number of rotatable bonds is 6. The number of aliphatic carboxylic acids is 1. The summed E-state index contributed by atoms with van der Waals surface area (Å²) in [6, 6.07) is -1.30. The van der Waals surface area contributed by atoms with Crippen LogP contribution in [-0.4, -0.2) is 86.2 Å². The van der Waals surface area contributed by atoms with E-state index in [-0.39, 0.29) is 0 Å². The van der Waals surface area contributed by atoms with E-state index in [9.17, 15) is 34.8 Å². The molecule has 6 atom stereocenters. The number of hydrogen-bond acceptors (Lipinski definition) is 9. The summed E-state index contributed by atoms with van der Waals surface area (Å²) >= 11 is 0. The number of aliphatic hydroxyl groups excluding tert-OH is 3. The lowest BCUT2D eigenvalue weighted by Crippen LogP contribution is -2.67. The molecule has 0 aromatic heterocycles. The molecule has 24 heavy (non-hydrogen) atoms. The molecule has 6 N–H and O–H groups in total. The van der Waals surface area contributed by atoms with Crippen LogP contribution >= 0.6 is 0 Å². The number of carboxylic acids is 1. The van der Waals surface area contributed by atoms with Crippen molar-refractivity contribution in [2.75, 3.05) is 6.61 Å². The fraction of sp³-hybridized carbons (Fsp3) is 0.769. The van der Waals surface area contributed by atoms with Crippen LogP contribution in [0.4, 0.5) is 0 Å².